The van der Waals surface area contributed by atoms with E-state index >= 15 is 0 Å². The second kappa shape index (κ2) is 9.29. The van der Waals surface area contributed by atoms with Gasteiger partial charge in [-0.3, -0.25) is 4.79 Å². The fraction of sp³-hybridized carbons (Fsp3) is 0.250. The van der Waals surface area contributed by atoms with E-state index in [1.165, 1.54) is 6.08 Å². The van der Waals surface area contributed by atoms with Crippen LogP contribution in [0.1, 0.15) is 24.1 Å². The topological polar surface area (TPSA) is 56.8 Å². The Balaban J connectivity index is 2.06. The Morgan fingerprint density at radius 3 is 2.23 bits per heavy atom. The van der Waals surface area contributed by atoms with Crippen LogP contribution in [0.25, 0.3) is 6.08 Å². The first kappa shape index (κ1) is 19.8. The maximum Gasteiger partial charge on any atom is 0.244 e. The summed E-state index contributed by atoms with van der Waals surface area (Å²) in [5.74, 6) is 1.90. The zero-order valence-electron chi connectivity index (χ0n) is 15.2. The van der Waals surface area contributed by atoms with Gasteiger partial charge in [0.2, 0.25) is 5.91 Å². The summed E-state index contributed by atoms with van der Waals surface area (Å²) < 4.78 is 16.5. The van der Waals surface area contributed by atoms with Crippen LogP contribution in [0.5, 0.6) is 17.2 Å². The van der Waals surface area contributed by atoms with Crippen molar-refractivity contribution in [3.8, 4) is 17.2 Å². The van der Waals surface area contributed by atoms with Gasteiger partial charge in [-0.25, -0.2) is 0 Å². The highest BCUT2D eigenvalue weighted by Gasteiger charge is 2.10. The van der Waals surface area contributed by atoms with Crippen LogP contribution >= 0.6 is 15.9 Å². The molecule has 2 rings (SSSR count). The molecule has 0 unspecified atom stereocenters. The Bertz CT molecular complexity index is 782. The molecule has 2 aromatic rings. The minimum Gasteiger partial charge on any atom is -0.497 e. The van der Waals surface area contributed by atoms with Gasteiger partial charge < -0.3 is 19.5 Å². The minimum atomic E-state index is -0.189. The predicted octanol–water partition coefficient (Wildman–Crippen LogP) is 4.37. The standard InChI is InChI=1S/C20H22BrNO4/c1-13(15-6-7-19(26-4)18(21)11-15)22-20(23)8-5-14-9-16(24-2)12-17(10-14)25-3/h5-13H,1-4H3,(H,22,23)/b8-5+/t13-/m1/s1. The van der Waals surface area contributed by atoms with Gasteiger partial charge in [0.15, 0.2) is 0 Å². The minimum absolute atomic E-state index is 0.144. The molecule has 0 saturated carbocycles. The van der Waals surface area contributed by atoms with Crippen molar-refractivity contribution in [1.82, 2.24) is 5.32 Å². The highest BCUT2D eigenvalue weighted by molar-refractivity contribution is 9.10. The number of carbonyl (C=O) groups is 1. The number of benzene rings is 2. The van der Waals surface area contributed by atoms with Gasteiger partial charge in [-0.1, -0.05) is 6.07 Å². The number of hydrogen-bond acceptors (Lipinski definition) is 4. The Morgan fingerprint density at radius 1 is 1.04 bits per heavy atom. The SMILES string of the molecule is COc1cc(/C=C/C(=O)N[C@H](C)c2ccc(OC)c(Br)c2)cc(OC)c1. The van der Waals surface area contributed by atoms with E-state index in [1.807, 2.05) is 37.3 Å². The predicted molar refractivity (Wildman–Crippen MR) is 106 cm³/mol. The summed E-state index contributed by atoms with van der Waals surface area (Å²) in [5.41, 5.74) is 1.79. The Morgan fingerprint density at radius 2 is 1.69 bits per heavy atom. The monoisotopic (exact) mass is 419 g/mol. The lowest BCUT2D eigenvalue weighted by Crippen LogP contribution is -2.24. The van der Waals surface area contributed by atoms with E-state index in [0.29, 0.717) is 11.5 Å². The number of hydrogen-bond donors (Lipinski definition) is 1. The van der Waals surface area contributed by atoms with Gasteiger partial charge in [0.1, 0.15) is 17.2 Å². The lowest BCUT2D eigenvalue weighted by atomic mass is 10.1. The van der Waals surface area contributed by atoms with Crippen molar-refractivity contribution in [2.24, 2.45) is 0 Å². The molecule has 0 aliphatic heterocycles. The van der Waals surface area contributed by atoms with E-state index in [-0.39, 0.29) is 11.9 Å². The fourth-order valence-electron chi connectivity index (χ4n) is 2.39. The summed E-state index contributed by atoms with van der Waals surface area (Å²) in [7, 11) is 4.79. The van der Waals surface area contributed by atoms with E-state index in [2.05, 4.69) is 21.2 Å². The molecule has 0 fully saturated rings. The molecule has 0 aromatic heterocycles. The number of carbonyl (C=O) groups excluding carboxylic acids is 1. The zero-order chi connectivity index (χ0) is 19.1. The molecule has 0 bridgehead atoms. The Labute approximate surface area is 162 Å². The van der Waals surface area contributed by atoms with E-state index < -0.39 is 0 Å². The van der Waals surface area contributed by atoms with Crippen molar-refractivity contribution >= 4 is 27.9 Å². The number of ether oxygens (including phenoxy) is 3. The molecule has 0 saturated heterocycles. The summed E-state index contributed by atoms with van der Waals surface area (Å²) in [6.45, 7) is 1.93. The normalized spacial score (nSPS) is 11.9. The third-order valence-electron chi connectivity index (χ3n) is 3.84. The van der Waals surface area contributed by atoms with Crippen LogP contribution in [0.2, 0.25) is 0 Å². The lowest BCUT2D eigenvalue weighted by Gasteiger charge is -2.14. The molecule has 6 heteroatoms. The maximum absolute atomic E-state index is 12.2. The average Bonchev–Trinajstić information content (AvgIpc) is 2.65. The molecule has 0 radical (unpaired) electrons. The molecule has 0 aliphatic carbocycles. The van der Waals surface area contributed by atoms with Crippen molar-refractivity contribution in [2.75, 3.05) is 21.3 Å². The van der Waals surface area contributed by atoms with Crippen LogP contribution in [-0.4, -0.2) is 27.2 Å². The Kier molecular flexibility index (Phi) is 7.09. The molecule has 1 N–H and O–H groups in total. The largest absolute Gasteiger partial charge is 0.497 e. The number of nitrogens with one attached hydrogen (secondary N) is 1. The summed E-state index contributed by atoms with van der Waals surface area (Å²) in [4.78, 5) is 12.2. The molecule has 138 valence electrons. The first-order chi connectivity index (χ1) is 12.5. The van der Waals surface area contributed by atoms with Crippen molar-refractivity contribution in [2.45, 2.75) is 13.0 Å². The summed E-state index contributed by atoms with van der Waals surface area (Å²) in [6.07, 6.45) is 3.21. The van der Waals surface area contributed by atoms with Crippen LogP contribution in [0.3, 0.4) is 0 Å². The van der Waals surface area contributed by atoms with Crippen LogP contribution in [0.4, 0.5) is 0 Å². The van der Waals surface area contributed by atoms with E-state index in [0.717, 1.165) is 21.3 Å². The van der Waals surface area contributed by atoms with Gasteiger partial charge in [0.25, 0.3) is 0 Å². The molecule has 0 aliphatic rings. The third kappa shape index (κ3) is 5.26. The zero-order valence-corrected chi connectivity index (χ0v) is 16.8. The Hall–Kier alpha value is -2.47. The summed E-state index contributed by atoms with van der Waals surface area (Å²) in [5, 5.41) is 2.94. The average molecular weight is 420 g/mol. The second-order valence-corrected chi connectivity index (χ2v) is 6.46. The lowest BCUT2D eigenvalue weighted by molar-refractivity contribution is -0.117. The summed E-state index contributed by atoms with van der Waals surface area (Å²) in [6, 6.07) is 11.0. The molecule has 1 atom stereocenters. The van der Waals surface area contributed by atoms with Gasteiger partial charge in [0.05, 0.1) is 31.8 Å². The first-order valence-electron chi connectivity index (χ1n) is 8.02. The van der Waals surface area contributed by atoms with E-state index in [1.54, 1.807) is 33.5 Å². The molecule has 0 heterocycles. The van der Waals surface area contributed by atoms with Crippen LogP contribution in [0, 0.1) is 0 Å². The fourth-order valence-corrected chi connectivity index (χ4v) is 2.95. The maximum atomic E-state index is 12.2. The van der Waals surface area contributed by atoms with Crippen LogP contribution < -0.4 is 19.5 Å². The molecule has 2 aromatic carbocycles. The molecular formula is C20H22BrNO4. The highest BCUT2D eigenvalue weighted by atomic mass is 79.9. The smallest absolute Gasteiger partial charge is 0.244 e. The van der Waals surface area contributed by atoms with Gasteiger partial charge in [-0.05, 0) is 64.3 Å². The molecule has 26 heavy (non-hydrogen) atoms. The van der Waals surface area contributed by atoms with Gasteiger partial charge in [-0.15, -0.1) is 0 Å². The quantitative estimate of drug-likeness (QED) is 0.677. The number of methoxy groups -OCH3 is 3. The van der Waals surface area contributed by atoms with Crippen LogP contribution in [0.15, 0.2) is 46.9 Å². The van der Waals surface area contributed by atoms with Crippen molar-refractivity contribution < 1.29 is 19.0 Å². The first-order valence-corrected chi connectivity index (χ1v) is 8.81. The number of halogens is 1. The third-order valence-corrected chi connectivity index (χ3v) is 4.46. The molecule has 1 amide bonds. The highest BCUT2D eigenvalue weighted by Crippen LogP contribution is 2.28. The second-order valence-electron chi connectivity index (χ2n) is 5.60. The van der Waals surface area contributed by atoms with Gasteiger partial charge >= 0.3 is 0 Å². The number of amides is 1. The summed E-state index contributed by atoms with van der Waals surface area (Å²) >= 11 is 3.45. The van der Waals surface area contributed by atoms with Crippen LogP contribution in [-0.2, 0) is 4.79 Å². The van der Waals surface area contributed by atoms with Crippen molar-refractivity contribution in [3.63, 3.8) is 0 Å². The van der Waals surface area contributed by atoms with Gasteiger partial charge in [-0.2, -0.15) is 0 Å². The van der Waals surface area contributed by atoms with Gasteiger partial charge in [0, 0.05) is 12.1 Å². The molecule has 5 nitrogen and oxygen atoms in total. The van der Waals surface area contributed by atoms with Crippen molar-refractivity contribution in [3.05, 3.63) is 58.1 Å². The number of rotatable bonds is 7. The van der Waals surface area contributed by atoms with E-state index in [4.69, 9.17) is 14.2 Å². The van der Waals surface area contributed by atoms with E-state index in [9.17, 15) is 4.79 Å². The molecular weight excluding hydrogens is 398 g/mol. The van der Waals surface area contributed by atoms with Crippen molar-refractivity contribution in [1.29, 1.82) is 0 Å². The molecule has 0 spiro atoms.